The number of fused-ring (bicyclic) bond motifs is 1. The summed E-state index contributed by atoms with van der Waals surface area (Å²) in [6, 6.07) is 11.7. The summed E-state index contributed by atoms with van der Waals surface area (Å²) in [5, 5.41) is 7.76. The number of amides is 1. The molecule has 1 heterocycles. The number of aromatic nitrogens is 2. The summed E-state index contributed by atoms with van der Waals surface area (Å²) < 4.78 is 17.2. The second-order valence-corrected chi connectivity index (χ2v) is 8.09. The molecule has 0 radical (unpaired) electrons. The zero-order valence-electron chi connectivity index (χ0n) is 20.5. The van der Waals surface area contributed by atoms with Crippen LogP contribution in [0.15, 0.2) is 47.3 Å². The summed E-state index contributed by atoms with van der Waals surface area (Å²) >= 11 is 0. The SMILES string of the molecule is CCCCCCn1nc(C(=O)OC(C)C(=O)Nc2cc(OC)ccc2OC)c2ccccc2c1=O. The minimum Gasteiger partial charge on any atom is -0.497 e. The summed E-state index contributed by atoms with van der Waals surface area (Å²) in [7, 11) is 2.99. The summed E-state index contributed by atoms with van der Waals surface area (Å²) in [6.45, 7) is 3.97. The molecule has 0 aliphatic carbocycles. The first-order valence-corrected chi connectivity index (χ1v) is 11.6. The molecule has 3 aromatic rings. The standard InChI is InChI=1S/C26H31N3O6/c1-5-6-7-10-15-29-25(31)20-12-9-8-11-19(20)23(28-29)26(32)35-17(2)24(30)27-21-16-18(33-3)13-14-22(21)34-4/h8-9,11-14,16-17H,5-7,10,15H2,1-4H3,(H,27,30). The third-order valence-corrected chi connectivity index (χ3v) is 5.60. The number of carbonyl (C=O) groups excluding carboxylic acids is 2. The zero-order valence-corrected chi connectivity index (χ0v) is 20.5. The number of aryl methyl sites for hydroxylation is 1. The van der Waals surface area contributed by atoms with Gasteiger partial charge in [-0.05, 0) is 31.5 Å². The number of nitrogens with one attached hydrogen (secondary N) is 1. The Morgan fingerprint density at radius 2 is 1.77 bits per heavy atom. The van der Waals surface area contributed by atoms with Crippen molar-refractivity contribution in [2.75, 3.05) is 19.5 Å². The van der Waals surface area contributed by atoms with Gasteiger partial charge in [-0.1, -0.05) is 44.4 Å². The normalized spacial score (nSPS) is 11.7. The van der Waals surface area contributed by atoms with Gasteiger partial charge in [0.2, 0.25) is 0 Å². The van der Waals surface area contributed by atoms with E-state index in [2.05, 4.69) is 17.3 Å². The van der Waals surface area contributed by atoms with Crippen molar-refractivity contribution in [2.24, 2.45) is 0 Å². The van der Waals surface area contributed by atoms with Crippen LogP contribution in [0.4, 0.5) is 5.69 Å². The Morgan fingerprint density at radius 1 is 1.03 bits per heavy atom. The van der Waals surface area contributed by atoms with Gasteiger partial charge in [0.15, 0.2) is 11.8 Å². The number of ether oxygens (including phenoxy) is 3. The molecule has 35 heavy (non-hydrogen) atoms. The average molecular weight is 482 g/mol. The van der Waals surface area contributed by atoms with Crippen LogP contribution in [-0.4, -0.2) is 42.0 Å². The van der Waals surface area contributed by atoms with Crippen molar-refractivity contribution in [3.63, 3.8) is 0 Å². The van der Waals surface area contributed by atoms with E-state index in [0.29, 0.717) is 34.5 Å². The van der Waals surface area contributed by atoms with Crippen LogP contribution in [0.25, 0.3) is 10.8 Å². The molecule has 0 aliphatic rings. The summed E-state index contributed by atoms with van der Waals surface area (Å²) in [5.74, 6) is -0.381. The van der Waals surface area contributed by atoms with Crippen LogP contribution < -0.4 is 20.3 Å². The number of hydrogen-bond donors (Lipinski definition) is 1. The van der Waals surface area contributed by atoms with Gasteiger partial charge in [-0.15, -0.1) is 0 Å². The highest BCUT2D eigenvalue weighted by Gasteiger charge is 2.24. The minimum absolute atomic E-state index is 0.00528. The molecule has 1 unspecified atom stereocenters. The van der Waals surface area contributed by atoms with Gasteiger partial charge in [0.25, 0.3) is 11.5 Å². The maximum absolute atomic E-state index is 13.1. The highest BCUT2D eigenvalue weighted by atomic mass is 16.5. The average Bonchev–Trinajstić information content (AvgIpc) is 2.87. The highest BCUT2D eigenvalue weighted by Crippen LogP contribution is 2.29. The Kier molecular flexibility index (Phi) is 8.83. The molecule has 1 amide bonds. The van der Waals surface area contributed by atoms with Crippen molar-refractivity contribution in [1.29, 1.82) is 0 Å². The van der Waals surface area contributed by atoms with E-state index in [1.807, 2.05) is 0 Å². The smallest absolute Gasteiger partial charge is 0.360 e. The number of esters is 1. The quantitative estimate of drug-likeness (QED) is 0.323. The predicted octanol–water partition coefficient (Wildman–Crippen LogP) is 4.18. The second-order valence-electron chi connectivity index (χ2n) is 8.09. The Hall–Kier alpha value is -3.88. The molecule has 0 aliphatic heterocycles. The number of hydrogen-bond acceptors (Lipinski definition) is 7. The second kappa shape index (κ2) is 12.0. The Morgan fingerprint density at radius 3 is 2.46 bits per heavy atom. The van der Waals surface area contributed by atoms with E-state index in [9.17, 15) is 14.4 Å². The van der Waals surface area contributed by atoms with Gasteiger partial charge >= 0.3 is 5.97 Å². The molecule has 0 spiro atoms. The molecular formula is C26H31N3O6. The first-order valence-electron chi connectivity index (χ1n) is 11.6. The minimum atomic E-state index is -1.14. The lowest BCUT2D eigenvalue weighted by atomic mass is 10.1. The monoisotopic (exact) mass is 481 g/mol. The van der Waals surface area contributed by atoms with E-state index in [0.717, 1.165) is 25.7 Å². The molecule has 2 aromatic carbocycles. The molecular weight excluding hydrogens is 450 g/mol. The summed E-state index contributed by atoms with van der Waals surface area (Å²) in [4.78, 5) is 38.7. The van der Waals surface area contributed by atoms with Crippen molar-refractivity contribution in [3.8, 4) is 11.5 Å². The fourth-order valence-corrected chi connectivity index (χ4v) is 3.64. The molecule has 9 heteroatoms. The number of unbranched alkanes of at least 4 members (excludes halogenated alkanes) is 3. The highest BCUT2D eigenvalue weighted by molar-refractivity contribution is 6.04. The lowest BCUT2D eigenvalue weighted by Crippen LogP contribution is -2.32. The van der Waals surface area contributed by atoms with Crippen molar-refractivity contribution in [3.05, 3.63) is 58.5 Å². The van der Waals surface area contributed by atoms with Crippen LogP contribution >= 0.6 is 0 Å². The summed E-state index contributed by atoms with van der Waals surface area (Å²) in [5.41, 5.74) is 0.114. The number of rotatable bonds is 11. The van der Waals surface area contributed by atoms with Crippen molar-refractivity contribution < 1.29 is 23.8 Å². The van der Waals surface area contributed by atoms with Crippen LogP contribution in [0.2, 0.25) is 0 Å². The maximum atomic E-state index is 13.1. The van der Waals surface area contributed by atoms with Crippen LogP contribution in [0.1, 0.15) is 50.0 Å². The lowest BCUT2D eigenvalue weighted by Gasteiger charge is -2.16. The van der Waals surface area contributed by atoms with Crippen molar-refractivity contribution in [1.82, 2.24) is 9.78 Å². The van der Waals surface area contributed by atoms with E-state index in [1.54, 1.807) is 42.5 Å². The van der Waals surface area contributed by atoms with Crippen LogP contribution in [0.5, 0.6) is 11.5 Å². The molecule has 186 valence electrons. The van der Waals surface area contributed by atoms with Crippen LogP contribution in [0, 0.1) is 0 Å². The van der Waals surface area contributed by atoms with Gasteiger partial charge in [0.1, 0.15) is 11.5 Å². The van der Waals surface area contributed by atoms with E-state index in [1.165, 1.54) is 25.8 Å². The number of methoxy groups -OCH3 is 2. The van der Waals surface area contributed by atoms with Gasteiger partial charge in [-0.3, -0.25) is 9.59 Å². The van der Waals surface area contributed by atoms with E-state index in [-0.39, 0.29) is 11.3 Å². The van der Waals surface area contributed by atoms with Gasteiger partial charge in [0.05, 0.1) is 25.3 Å². The lowest BCUT2D eigenvalue weighted by molar-refractivity contribution is -0.123. The first-order chi connectivity index (χ1) is 16.9. The molecule has 0 saturated carbocycles. The van der Waals surface area contributed by atoms with Crippen LogP contribution in [0.3, 0.4) is 0 Å². The molecule has 1 N–H and O–H groups in total. The molecule has 0 bridgehead atoms. The Bertz CT molecular complexity index is 1250. The maximum Gasteiger partial charge on any atom is 0.360 e. The topological polar surface area (TPSA) is 109 Å². The van der Waals surface area contributed by atoms with Gasteiger partial charge in [-0.2, -0.15) is 5.10 Å². The Labute approximate surface area is 204 Å². The van der Waals surface area contributed by atoms with E-state index < -0.39 is 18.0 Å². The van der Waals surface area contributed by atoms with Gasteiger partial charge in [0, 0.05) is 18.0 Å². The van der Waals surface area contributed by atoms with E-state index in [4.69, 9.17) is 14.2 Å². The molecule has 0 saturated heterocycles. The fraction of sp³-hybridized carbons (Fsp3) is 0.385. The molecule has 1 aromatic heterocycles. The molecule has 9 nitrogen and oxygen atoms in total. The largest absolute Gasteiger partial charge is 0.497 e. The number of nitrogens with zero attached hydrogens (tertiary/aromatic N) is 2. The van der Waals surface area contributed by atoms with Crippen molar-refractivity contribution in [2.45, 2.75) is 52.2 Å². The van der Waals surface area contributed by atoms with E-state index >= 15 is 0 Å². The molecule has 3 rings (SSSR count). The first kappa shape index (κ1) is 25.7. The van der Waals surface area contributed by atoms with Crippen molar-refractivity contribution >= 4 is 28.3 Å². The zero-order chi connectivity index (χ0) is 25.4. The number of anilines is 1. The third kappa shape index (κ3) is 6.17. The summed E-state index contributed by atoms with van der Waals surface area (Å²) in [6.07, 6.45) is 2.72. The fourth-order valence-electron chi connectivity index (χ4n) is 3.64. The number of carbonyl (C=O) groups is 2. The van der Waals surface area contributed by atoms with Gasteiger partial charge < -0.3 is 19.5 Å². The third-order valence-electron chi connectivity index (χ3n) is 5.60. The van der Waals surface area contributed by atoms with Crippen LogP contribution in [-0.2, 0) is 16.1 Å². The number of benzene rings is 2. The molecule has 0 fully saturated rings. The van der Waals surface area contributed by atoms with Gasteiger partial charge in [-0.25, -0.2) is 9.48 Å². The predicted molar refractivity (Wildman–Crippen MR) is 133 cm³/mol. The Balaban J connectivity index is 1.81. The molecule has 1 atom stereocenters.